The van der Waals surface area contributed by atoms with E-state index < -0.39 is 0 Å². The standard InChI is InChI=1S/C28H24.2Li/c1-22(27(23-14-6-2-7-15-23)24-16-8-3-9-17-24)28(25-18-10-4-11-19-25)26-20-12-5-13-21-26;;/h2-22H,1H3;;. The molecule has 0 atom stereocenters. The van der Waals surface area contributed by atoms with Crippen LogP contribution in [0.2, 0.25) is 0 Å². The van der Waals surface area contributed by atoms with Gasteiger partial charge in [0.15, 0.2) is 0 Å². The van der Waals surface area contributed by atoms with Gasteiger partial charge < -0.3 is 0 Å². The number of benzene rings is 4. The molecule has 30 heavy (non-hydrogen) atoms. The van der Waals surface area contributed by atoms with Gasteiger partial charge in [0.1, 0.15) is 0 Å². The van der Waals surface area contributed by atoms with Crippen molar-refractivity contribution in [3.05, 3.63) is 144 Å². The first kappa shape index (κ1) is 21.3. The van der Waals surface area contributed by atoms with Crippen molar-refractivity contribution < 1.29 is 0 Å². The Bertz CT molecular complexity index is 893. The SMILES string of the molecule is [Li][C](c1ccccc1)(c1ccccc1)C(C)[C]([Li])(c1ccccc1)c1ccccc1. The summed E-state index contributed by atoms with van der Waals surface area (Å²) in [5.74, 6) is 0.291. The Kier molecular flexibility index (Phi) is 6.44. The summed E-state index contributed by atoms with van der Waals surface area (Å²) in [7, 11) is 0. The zero-order chi connectivity index (χ0) is 21.0. The molecule has 0 amide bonds. The van der Waals surface area contributed by atoms with Crippen LogP contribution in [0, 0.1) is 5.92 Å². The second-order valence-electron chi connectivity index (χ2n) is 8.59. The van der Waals surface area contributed by atoms with Gasteiger partial charge in [-0.2, -0.15) is 0 Å². The van der Waals surface area contributed by atoms with Crippen LogP contribution in [0.25, 0.3) is 0 Å². The molecule has 4 aromatic rings. The molecule has 0 saturated heterocycles. The van der Waals surface area contributed by atoms with E-state index in [0.717, 1.165) is 0 Å². The summed E-state index contributed by atoms with van der Waals surface area (Å²) in [5.41, 5.74) is 5.40. The van der Waals surface area contributed by atoms with Gasteiger partial charge in [0.2, 0.25) is 0 Å². The van der Waals surface area contributed by atoms with Crippen LogP contribution in [0.3, 0.4) is 0 Å². The van der Waals surface area contributed by atoms with Gasteiger partial charge in [0.25, 0.3) is 0 Å². The van der Waals surface area contributed by atoms with Crippen LogP contribution in [-0.2, 0) is 8.18 Å². The predicted molar refractivity (Wildman–Crippen MR) is 128 cm³/mol. The van der Waals surface area contributed by atoms with Gasteiger partial charge in [0.05, 0.1) is 0 Å². The summed E-state index contributed by atoms with van der Waals surface area (Å²) in [6, 6.07) is 43.9. The van der Waals surface area contributed by atoms with Gasteiger partial charge in [-0.1, -0.05) is 0 Å². The van der Waals surface area contributed by atoms with Crippen molar-refractivity contribution in [3.63, 3.8) is 0 Å². The van der Waals surface area contributed by atoms with E-state index in [4.69, 9.17) is 0 Å². The third-order valence-electron chi connectivity index (χ3n) is 7.23. The van der Waals surface area contributed by atoms with Crippen molar-refractivity contribution in [2.24, 2.45) is 5.92 Å². The first-order chi connectivity index (χ1) is 14.6. The van der Waals surface area contributed by atoms with E-state index in [9.17, 15) is 0 Å². The Morgan fingerprint density at radius 3 is 0.833 bits per heavy atom. The van der Waals surface area contributed by atoms with Crippen LogP contribution in [-0.4, -0.2) is 35.4 Å². The van der Waals surface area contributed by atoms with Gasteiger partial charge in [-0.15, -0.1) is 0 Å². The predicted octanol–water partition coefficient (Wildman–Crippen LogP) is 5.85. The molecular formula is C28H24Li2. The zero-order valence-electron chi connectivity index (χ0n) is 18.1. The molecule has 4 aromatic carbocycles. The summed E-state index contributed by atoms with van der Waals surface area (Å²) in [6.45, 7) is 2.42. The normalized spacial score (nSPS) is 12.2. The molecule has 0 heterocycles. The van der Waals surface area contributed by atoms with Crippen molar-refractivity contribution in [1.29, 1.82) is 0 Å². The van der Waals surface area contributed by atoms with Crippen LogP contribution >= 0.6 is 0 Å². The summed E-state index contributed by atoms with van der Waals surface area (Å²) in [5, 5.41) is 0. The molecule has 0 radical (unpaired) electrons. The summed E-state index contributed by atoms with van der Waals surface area (Å²) in [6.07, 6.45) is 0. The minimum atomic E-state index is -0.164. The first-order valence-corrected chi connectivity index (χ1v) is 10.8. The summed E-state index contributed by atoms with van der Waals surface area (Å²) < 4.78 is -0.327. The monoisotopic (exact) mass is 374 g/mol. The Morgan fingerprint density at radius 2 is 0.633 bits per heavy atom. The second-order valence-corrected chi connectivity index (χ2v) is 8.59. The van der Waals surface area contributed by atoms with Crippen LogP contribution in [0.5, 0.6) is 0 Å². The van der Waals surface area contributed by atoms with Crippen LogP contribution in [0.4, 0.5) is 0 Å². The number of rotatable bonds is 6. The topological polar surface area (TPSA) is 0 Å². The van der Waals surface area contributed by atoms with E-state index in [1.165, 1.54) is 22.3 Å². The van der Waals surface area contributed by atoms with E-state index >= 15 is 0 Å². The van der Waals surface area contributed by atoms with E-state index in [1.54, 1.807) is 0 Å². The summed E-state index contributed by atoms with van der Waals surface area (Å²) >= 11 is 4.82. The van der Waals surface area contributed by atoms with E-state index in [2.05, 4.69) is 164 Å². The molecule has 0 N–H and O–H groups in total. The van der Waals surface area contributed by atoms with Crippen LogP contribution < -0.4 is 0 Å². The van der Waals surface area contributed by atoms with Gasteiger partial charge in [-0.05, 0) is 0 Å². The molecule has 0 aliphatic rings. The maximum absolute atomic E-state index is 2.42. The van der Waals surface area contributed by atoms with Crippen LogP contribution in [0.1, 0.15) is 29.2 Å². The Balaban J connectivity index is 1.98. The fourth-order valence-electron chi connectivity index (χ4n) is 5.05. The van der Waals surface area contributed by atoms with Gasteiger partial charge in [-0.3, -0.25) is 0 Å². The Hall–Kier alpha value is -1.93. The van der Waals surface area contributed by atoms with Gasteiger partial charge in [-0.25, -0.2) is 0 Å². The first-order valence-electron chi connectivity index (χ1n) is 10.8. The molecule has 0 unspecified atom stereocenters. The molecule has 0 aliphatic carbocycles. The maximum atomic E-state index is 2.42. The zero-order valence-corrected chi connectivity index (χ0v) is 18.1. The third kappa shape index (κ3) is 3.76. The van der Waals surface area contributed by atoms with E-state index in [0.29, 0.717) is 5.92 Å². The van der Waals surface area contributed by atoms with Crippen molar-refractivity contribution in [3.8, 4) is 0 Å². The minimum absolute atomic E-state index is 0.164. The quantitative estimate of drug-likeness (QED) is 0.372. The third-order valence-corrected chi connectivity index (χ3v) is 7.23. The molecule has 0 saturated carbocycles. The number of hydrogen-bond acceptors (Lipinski definition) is 0. The molecule has 4 rings (SSSR count). The molecule has 0 fully saturated rings. The fraction of sp³-hybridized carbons (Fsp3) is 0.143. The molecule has 0 nitrogen and oxygen atoms in total. The molecule has 0 bridgehead atoms. The van der Waals surface area contributed by atoms with Gasteiger partial charge in [0, 0.05) is 0 Å². The second kappa shape index (κ2) is 9.06. The molecule has 0 aromatic heterocycles. The van der Waals surface area contributed by atoms with Crippen molar-refractivity contribution in [2.75, 3.05) is 0 Å². The van der Waals surface area contributed by atoms with Crippen molar-refractivity contribution in [1.82, 2.24) is 0 Å². The van der Waals surface area contributed by atoms with E-state index in [-0.39, 0.29) is 8.18 Å². The number of hydrogen-bond donors (Lipinski definition) is 0. The Morgan fingerprint density at radius 1 is 0.433 bits per heavy atom. The molecule has 138 valence electrons. The van der Waals surface area contributed by atoms with Crippen LogP contribution in [0.15, 0.2) is 121 Å². The Labute approximate surface area is 199 Å². The van der Waals surface area contributed by atoms with Crippen molar-refractivity contribution >= 4 is 35.4 Å². The fourth-order valence-corrected chi connectivity index (χ4v) is 5.05. The summed E-state index contributed by atoms with van der Waals surface area (Å²) in [4.78, 5) is 0. The molecular weight excluding hydrogens is 350 g/mol. The average molecular weight is 374 g/mol. The average Bonchev–Trinajstić information content (AvgIpc) is 2.84. The van der Waals surface area contributed by atoms with Crippen molar-refractivity contribution in [2.45, 2.75) is 15.1 Å². The van der Waals surface area contributed by atoms with E-state index in [1.807, 2.05) is 0 Å². The van der Waals surface area contributed by atoms with Gasteiger partial charge >= 0.3 is 200 Å². The molecule has 0 aliphatic heterocycles. The molecule has 0 spiro atoms. The molecule has 2 heteroatoms.